The molecule has 0 unspecified atom stereocenters. The number of para-hydroxylation sites is 2. The number of pyridine rings is 2. The standard InChI is InChI=1S/C45H50N5O2.Pt/c1-42(2,3)27-19-20-46-38(24-27)50-37-26-30(17-18-36(37)49-35-16-14-13-15-33(35)48-41(49)50)52-39-25-29(44(7,8)9)23-34(47-39)31-21-28(43(4,5)6)22-32(40(31)51)45(10,11)12;/h13-25,51H,1-12H3;/q-1;. The average molecular weight is 888 g/mol. The van der Waals surface area contributed by atoms with E-state index in [0.717, 1.165) is 50.4 Å². The van der Waals surface area contributed by atoms with E-state index >= 15 is 0 Å². The van der Waals surface area contributed by atoms with Gasteiger partial charge in [-0.15, -0.1) is 18.2 Å². The van der Waals surface area contributed by atoms with Crippen LogP contribution in [0.3, 0.4) is 0 Å². The molecule has 0 amide bonds. The van der Waals surface area contributed by atoms with Gasteiger partial charge in [0.25, 0.3) is 0 Å². The van der Waals surface area contributed by atoms with Crippen LogP contribution >= 0.6 is 0 Å². The summed E-state index contributed by atoms with van der Waals surface area (Å²) in [5.74, 6) is 2.70. The molecule has 1 N–H and O–H groups in total. The maximum absolute atomic E-state index is 11.8. The summed E-state index contributed by atoms with van der Waals surface area (Å²) >= 11 is 0. The van der Waals surface area contributed by atoms with E-state index in [1.54, 1.807) is 0 Å². The van der Waals surface area contributed by atoms with Crippen molar-refractivity contribution in [2.75, 3.05) is 0 Å². The molecule has 0 fully saturated rings. The molecule has 8 heteroatoms. The zero-order valence-corrected chi connectivity index (χ0v) is 35.2. The SMILES string of the molecule is CC(C)(C)c1cc(Oc2[c-]c3c(cc2)n2c4ccccc4nc2n3-c2cc(C(C)(C)C)ccn2)nc(-c2cc(C(C)(C)C)cc(C(C)(C)C)c2O)c1.[Pt]. The quantitative estimate of drug-likeness (QED) is 0.178. The van der Waals surface area contributed by atoms with Gasteiger partial charge in [0.05, 0.1) is 16.7 Å². The van der Waals surface area contributed by atoms with E-state index in [2.05, 4.69) is 141 Å². The van der Waals surface area contributed by atoms with Crippen LogP contribution in [-0.2, 0) is 42.7 Å². The number of hydrogen-bond acceptors (Lipinski definition) is 5. The van der Waals surface area contributed by atoms with Crippen LogP contribution in [0.5, 0.6) is 17.4 Å². The van der Waals surface area contributed by atoms with Gasteiger partial charge < -0.3 is 14.2 Å². The first-order valence-electron chi connectivity index (χ1n) is 18.1. The van der Waals surface area contributed by atoms with E-state index in [0.29, 0.717) is 22.9 Å². The second-order valence-electron chi connectivity index (χ2n) is 18.1. The summed E-state index contributed by atoms with van der Waals surface area (Å²) in [5.41, 5.74) is 8.57. The van der Waals surface area contributed by atoms with Gasteiger partial charge in [-0.3, -0.25) is 4.57 Å². The molecule has 53 heavy (non-hydrogen) atoms. The molecule has 3 aromatic carbocycles. The molecule has 0 aliphatic carbocycles. The number of fused-ring (bicyclic) bond motifs is 5. The second-order valence-corrected chi connectivity index (χ2v) is 18.1. The monoisotopic (exact) mass is 887 g/mol. The molecule has 0 atom stereocenters. The van der Waals surface area contributed by atoms with Crippen LogP contribution in [0.1, 0.15) is 105 Å². The van der Waals surface area contributed by atoms with Crippen LogP contribution in [-0.4, -0.2) is 29.0 Å². The molecule has 0 saturated heterocycles. The van der Waals surface area contributed by atoms with Gasteiger partial charge in [-0.25, -0.2) is 15.0 Å². The molecule has 0 spiro atoms. The van der Waals surface area contributed by atoms with Crippen LogP contribution in [0.2, 0.25) is 0 Å². The van der Waals surface area contributed by atoms with E-state index in [-0.39, 0.29) is 48.5 Å². The number of aromatic hydroxyl groups is 1. The summed E-state index contributed by atoms with van der Waals surface area (Å²) in [4.78, 5) is 15.0. The minimum atomic E-state index is -0.271. The number of benzene rings is 3. The van der Waals surface area contributed by atoms with Crippen molar-refractivity contribution >= 4 is 27.8 Å². The summed E-state index contributed by atoms with van der Waals surface area (Å²) in [6.45, 7) is 26.1. The largest absolute Gasteiger partial charge is 0.507 e. The Labute approximate surface area is 327 Å². The molecule has 4 heterocycles. The Bertz CT molecular complexity index is 2500. The van der Waals surface area contributed by atoms with Gasteiger partial charge >= 0.3 is 0 Å². The Morgan fingerprint density at radius 3 is 1.98 bits per heavy atom. The number of phenols is 1. The molecule has 7 nitrogen and oxygen atoms in total. The molecule has 0 aliphatic rings. The Morgan fingerprint density at radius 1 is 0.660 bits per heavy atom. The van der Waals surface area contributed by atoms with E-state index in [1.807, 2.05) is 36.5 Å². The van der Waals surface area contributed by atoms with E-state index < -0.39 is 0 Å². The van der Waals surface area contributed by atoms with E-state index in [9.17, 15) is 5.11 Å². The fraction of sp³-hybridized carbons (Fsp3) is 0.356. The predicted octanol–water partition coefficient (Wildman–Crippen LogP) is 11.4. The summed E-state index contributed by atoms with van der Waals surface area (Å²) in [6.07, 6.45) is 1.86. The summed E-state index contributed by atoms with van der Waals surface area (Å²) in [6, 6.07) is 28.2. The molecule has 4 aromatic heterocycles. The van der Waals surface area contributed by atoms with Gasteiger partial charge in [0.2, 0.25) is 11.7 Å². The van der Waals surface area contributed by atoms with Gasteiger partial charge in [-0.1, -0.05) is 101 Å². The van der Waals surface area contributed by atoms with Crippen molar-refractivity contribution in [2.24, 2.45) is 0 Å². The van der Waals surface area contributed by atoms with Crippen molar-refractivity contribution in [2.45, 2.75) is 105 Å². The van der Waals surface area contributed by atoms with Crippen molar-refractivity contribution in [1.82, 2.24) is 23.9 Å². The van der Waals surface area contributed by atoms with Crippen LogP contribution in [0, 0.1) is 6.07 Å². The minimum absolute atomic E-state index is 0. The normalized spacial score (nSPS) is 12.8. The van der Waals surface area contributed by atoms with Crippen LogP contribution in [0.25, 0.3) is 44.9 Å². The number of aromatic nitrogens is 5. The van der Waals surface area contributed by atoms with Gasteiger partial charge in [-0.2, -0.15) is 0 Å². The van der Waals surface area contributed by atoms with Crippen molar-refractivity contribution in [3.8, 4) is 34.5 Å². The smallest absolute Gasteiger partial charge is 0.217 e. The maximum Gasteiger partial charge on any atom is 0.217 e. The molecular formula is C45H50N5O2Pt-. The Kier molecular flexibility index (Phi) is 9.47. The van der Waals surface area contributed by atoms with Gasteiger partial charge in [0, 0.05) is 50.2 Å². The fourth-order valence-electron chi connectivity index (χ4n) is 6.67. The first kappa shape index (κ1) is 38.2. The van der Waals surface area contributed by atoms with Crippen molar-refractivity contribution in [3.63, 3.8) is 0 Å². The van der Waals surface area contributed by atoms with Crippen molar-refractivity contribution in [3.05, 3.63) is 107 Å². The number of hydrogen-bond donors (Lipinski definition) is 1. The predicted molar refractivity (Wildman–Crippen MR) is 212 cm³/mol. The van der Waals surface area contributed by atoms with Crippen molar-refractivity contribution in [1.29, 1.82) is 0 Å². The third kappa shape index (κ3) is 7.13. The fourth-order valence-corrected chi connectivity index (χ4v) is 6.67. The number of rotatable bonds is 4. The molecule has 0 saturated carbocycles. The molecule has 278 valence electrons. The molecule has 0 bridgehead atoms. The number of phenolic OH excluding ortho intramolecular Hbond substituents is 1. The third-order valence-corrected chi connectivity index (χ3v) is 9.87. The summed E-state index contributed by atoms with van der Waals surface area (Å²) < 4.78 is 10.9. The first-order valence-corrected chi connectivity index (χ1v) is 18.1. The van der Waals surface area contributed by atoms with Crippen LogP contribution in [0.4, 0.5) is 0 Å². The van der Waals surface area contributed by atoms with E-state index in [4.69, 9.17) is 19.7 Å². The summed E-state index contributed by atoms with van der Waals surface area (Å²) in [7, 11) is 0. The molecule has 0 aliphatic heterocycles. The number of imidazole rings is 2. The molecular weight excluding hydrogens is 838 g/mol. The summed E-state index contributed by atoms with van der Waals surface area (Å²) in [5, 5.41) is 11.8. The first-order chi connectivity index (χ1) is 24.2. The van der Waals surface area contributed by atoms with Gasteiger partial charge in [0.1, 0.15) is 11.6 Å². The average Bonchev–Trinajstić information content (AvgIpc) is 3.57. The molecule has 7 rings (SSSR count). The zero-order chi connectivity index (χ0) is 37.5. The van der Waals surface area contributed by atoms with Gasteiger partial charge in [0.15, 0.2) is 0 Å². The van der Waals surface area contributed by atoms with Crippen molar-refractivity contribution < 1.29 is 30.9 Å². The number of nitrogens with zero attached hydrogens (tertiary/aromatic N) is 5. The third-order valence-electron chi connectivity index (χ3n) is 9.87. The Hall–Kier alpha value is -4.48. The maximum atomic E-state index is 11.8. The molecule has 0 radical (unpaired) electrons. The topological polar surface area (TPSA) is 77.5 Å². The van der Waals surface area contributed by atoms with Crippen LogP contribution in [0.15, 0.2) is 79.0 Å². The van der Waals surface area contributed by atoms with Crippen LogP contribution < -0.4 is 4.74 Å². The zero-order valence-electron chi connectivity index (χ0n) is 32.9. The molecule has 7 aromatic rings. The van der Waals surface area contributed by atoms with Gasteiger partial charge in [-0.05, 0) is 85.8 Å². The number of ether oxygens (including phenoxy) is 1. The second kappa shape index (κ2) is 13.1. The minimum Gasteiger partial charge on any atom is -0.507 e. The van der Waals surface area contributed by atoms with E-state index in [1.165, 1.54) is 5.56 Å². The Morgan fingerprint density at radius 2 is 1.32 bits per heavy atom. The Balaban J connectivity index is 0.00000481.